The third-order valence-corrected chi connectivity index (χ3v) is 5.61. The lowest BCUT2D eigenvalue weighted by atomic mass is 9.69. The Hall–Kier alpha value is -1.55. The zero-order chi connectivity index (χ0) is 13.5. The Morgan fingerprint density at radius 3 is 2.68 bits per heavy atom. The van der Waals surface area contributed by atoms with Crippen LogP contribution in [0.25, 0.3) is 0 Å². The van der Waals surface area contributed by atoms with Crippen molar-refractivity contribution in [2.45, 2.75) is 44.9 Å². The molecule has 0 aliphatic heterocycles. The fourth-order valence-corrected chi connectivity index (χ4v) is 4.52. The predicted octanol–water partition coefficient (Wildman–Crippen LogP) is 4.60. The van der Waals surface area contributed by atoms with Gasteiger partial charge >= 0.3 is 0 Å². The molecule has 1 aromatic carbocycles. The molecular weight excluding hydrogens is 230 g/mol. The second-order valence-electron chi connectivity index (χ2n) is 6.20. The van der Waals surface area contributed by atoms with Crippen molar-refractivity contribution >= 4 is 0 Å². The van der Waals surface area contributed by atoms with Gasteiger partial charge in [0.2, 0.25) is 0 Å². The summed E-state index contributed by atoms with van der Waals surface area (Å²) in [5.41, 5.74) is 4.48. The summed E-state index contributed by atoms with van der Waals surface area (Å²) < 4.78 is 0. The number of fused-ring (bicyclic) bond motifs is 1. The lowest BCUT2D eigenvalue weighted by molar-refractivity contribution is 0.329. The molecule has 98 valence electrons. The van der Waals surface area contributed by atoms with Gasteiger partial charge in [0.05, 0.1) is 12.5 Å². The Morgan fingerprint density at radius 2 is 2.00 bits per heavy atom. The maximum absolute atomic E-state index is 9.12. The molecule has 0 N–H and O–H groups in total. The van der Waals surface area contributed by atoms with Crippen molar-refractivity contribution in [2.75, 3.05) is 0 Å². The van der Waals surface area contributed by atoms with E-state index >= 15 is 0 Å². The van der Waals surface area contributed by atoms with E-state index < -0.39 is 0 Å². The van der Waals surface area contributed by atoms with Crippen LogP contribution in [0.1, 0.15) is 45.1 Å². The van der Waals surface area contributed by atoms with Crippen LogP contribution in [0.4, 0.5) is 0 Å². The normalized spacial score (nSPS) is 33.3. The number of nitrogens with zero attached hydrogens (tertiary/aromatic N) is 1. The average molecular weight is 251 g/mol. The molecule has 1 saturated carbocycles. The van der Waals surface area contributed by atoms with Gasteiger partial charge in [0.25, 0.3) is 0 Å². The fraction of sp³-hybridized carbons (Fsp3) is 0.500. The van der Waals surface area contributed by atoms with E-state index in [2.05, 4.69) is 50.2 Å². The largest absolute Gasteiger partial charge is 0.198 e. The van der Waals surface area contributed by atoms with Crippen LogP contribution >= 0.6 is 0 Å². The number of nitriles is 1. The van der Waals surface area contributed by atoms with E-state index in [1.807, 2.05) is 0 Å². The quantitative estimate of drug-likeness (QED) is 0.704. The molecule has 0 saturated heterocycles. The second kappa shape index (κ2) is 4.53. The molecule has 1 aromatic rings. The van der Waals surface area contributed by atoms with Crippen LogP contribution in [-0.2, 0) is 5.41 Å². The van der Waals surface area contributed by atoms with Crippen molar-refractivity contribution in [3.05, 3.63) is 47.0 Å². The molecule has 0 amide bonds. The summed E-state index contributed by atoms with van der Waals surface area (Å²) in [7, 11) is 0. The van der Waals surface area contributed by atoms with E-state index in [1.54, 1.807) is 0 Å². The molecule has 0 heterocycles. The first-order chi connectivity index (χ1) is 9.19. The molecule has 0 radical (unpaired) electrons. The topological polar surface area (TPSA) is 23.8 Å². The summed E-state index contributed by atoms with van der Waals surface area (Å²) >= 11 is 0. The van der Waals surface area contributed by atoms with Crippen molar-refractivity contribution in [3.8, 4) is 6.07 Å². The van der Waals surface area contributed by atoms with Gasteiger partial charge in [-0.25, -0.2) is 0 Å². The summed E-state index contributed by atoms with van der Waals surface area (Å²) in [6.45, 7) is 4.66. The molecule has 0 spiro atoms. The van der Waals surface area contributed by atoms with E-state index in [4.69, 9.17) is 5.26 Å². The smallest absolute Gasteiger partial charge is 0.0666 e. The van der Waals surface area contributed by atoms with Crippen LogP contribution in [0.5, 0.6) is 0 Å². The zero-order valence-electron chi connectivity index (χ0n) is 11.8. The molecule has 3 rings (SSSR count). The van der Waals surface area contributed by atoms with Gasteiger partial charge in [-0.1, -0.05) is 54.8 Å². The highest BCUT2D eigenvalue weighted by Crippen LogP contribution is 2.58. The first-order valence-electron chi connectivity index (χ1n) is 7.32. The number of allylic oxidation sites excluding steroid dienone is 2. The lowest BCUT2D eigenvalue weighted by Gasteiger charge is -2.34. The Morgan fingerprint density at radius 1 is 1.26 bits per heavy atom. The van der Waals surface area contributed by atoms with Crippen molar-refractivity contribution in [1.29, 1.82) is 5.26 Å². The minimum absolute atomic E-state index is 0.147. The van der Waals surface area contributed by atoms with Gasteiger partial charge in [-0.15, -0.1) is 0 Å². The molecular formula is C18H21N. The molecule has 2 aliphatic rings. The standard InChI is InChI=1S/C18H21N/c1-13-15(11-12-19)16-9-6-10-17(16)18(13,2)14-7-4-3-5-8-14/h3-5,7-8,16-17H,6,9-11H2,1-2H3/t16-,17-,18-/m0/s1. The van der Waals surface area contributed by atoms with Crippen LogP contribution in [0.15, 0.2) is 41.5 Å². The van der Waals surface area contributed by atoms with Crippen molar-refractivity contribution in [1.82, 2.24) is 0 Å². The van der Waals surface area contributed by atoms with Gasteiger partial charge in [0.15, 0.2) is 0 Å². The van der Waals surface area contributed by atoms with Crippen LogP contribution in [-0.4, -0.2) is 0 Å². The Bertz CT molecular complexity index is 549. The summed E-state index contributed by atoms with van der Waals surface area (Å²) in [6, 6.07) is 13.3. The van der Waals surface area contributed by atoms with Crippen molar-refractivity contribution in [3.63, 3.8) is 0 Å². The Kier molecular flexibility index (Phi) is 2.97. The van der Waals surface area contributed by atoms with Gasteiger partial charge < -0.3 is 0 Å². The first kappa shape index (κ1) is 12.5. The molecule has 0 unspecified atom stereocenters. The molecule has 2 aliphatic carbocycles. The molecule has 1 fully saturated rings. The molecule has 3 atom stereocenters. The first-order valence-corrected chi connectivity index (χ1v) is 7.32. The lowest BCUT2D eigenvalue weighted by Crippen LogP contribution is -2.30. The molecule has 0 aromatic heterocycles. The minimum Gasteiger partial charge on any atom is -0.198 e. The van der Waals surface area contributed by atoms with Gasteiger partial charge in [-0.3, -0.25) is 0 Å². The van der Waals surface area contributed by atoms with E-state index in [0.29, 0.717) is 18.3 Å². The van der Waals surface area contributed by atoms with E-state index in [0.717, 1.165) is 0 Å². The summed E-state index contributed by atoms with van der Waals surface area (Å²) in [5.74, 6) is 1.36. The van der Waals surface area contributed by atoms with Crippen molar-refractivity contribution < 1.29 is 0 Å². The number of rotatable bonds is 2. The molecule has 1 heteroatoms. The predicted molar refractivity (Wildman–Crippen MR) is 77.6 cm³/mol. The van der Waals surface area contributed by atoms with E-state index in [9.17, 15) is 0 Å². The highest BCUT2D eigenvalue weighted by Gasteiger charge is 2.51. The van der Waals surface area contributed by atoms with Gasteiger partial charge in [0, 0.05) is 5.41 Å². The van der Waals surface area contributed by atoms with E-state index in [1.165, 1.54) is 36.0 Å². The average Bonchev–Trinajstić information content (AvgIpc) is 2.99. The maximum atomic E-state index is 9.12. The van der Waals surface area contributed by atoms with E-state index in [-0.39, 0.29) is 5.41 Å². The number of hydrogen-bond donors (Lipinski definition) is 0. The third-order valence-electron chi connectivity index (χ3n) is 5.61. The maximum Gasteiger partial charge on any atom is 0.0666 e. The Balaban J connectivity index is 2.12. The highest BCUT2D eigenvalue weighted by atomic mass is 14.5. The minimum atomic E-state index is 0.147. The van der Waals surface area contributed by atoms with Gasteiger partial charge in [0.1, 0.15) is 0 Å². The summed E-state index contributed by atoms with van der Waals surface area (Å²) in [5, 5.41) is 9.12. The van der Waals surface area contributed by atoms with Crippen LogP contribution in [0.2, 0.25) is 0 Å². The van der Waals surface area contributed by atoms with Crippen LogP contribution in [0, 0.1) is 23.2 Å². The summed E-state index contributed by atoms with van der Waals surface area (Å²) in [4.78, 5) is 0. The second-order valence-corrected chi connectivity index (χ2v) is 6.20. The molecule has 0 bridgehead atoms. The summed E-state index contributed by atoms with van der Waals surface area (Å²) in [6.07, 6.45) is 4.53. The van der Waals surface area contributed by atoms with Crippen molar-refractivity contribution in [2.24, 2.45) is 11.8 Å². The van der Waals surface area contributed by atoms with Gasteiger partial charge in [-0.05, 0) is 37.2 Å². The van der Waals surface area contributed by atoms with Gasteiger partial charge in [-0.2, -0.15) is 5.26 Å². The fourth-order valence-electron chi connectivity index (χ4n) is 4.52. The number of hydrogen-bond acceptors (Lipinski definition) is 1. The third kappa shape index (κ3) is 1.66. The SMILES string of the molecule is CC1=C(CC#N)[C@@H]2CCC[C@@H]2[C@]1(C)c1ccccc1. The Labute approximate surface area is 116 Å². The zero-order valence-corrected chi connectivity index (χ0v) is 11.8. The molecule has 19 heavy (non-hydrogen) atoms. The molecule has 1 nitrogen and oxygen atoms in total. The highest BCUT2D eigenvalue weighted by molar-refractivity contribution is 5.45. The monoisotopic (exact) mass is 251 g/mol. The van der Waals surface area contributed by atoms with Crippen LogP contribution in [0.3, 0.4) is 0 Å². The number of benzene rings is 1. The van der Waals surface area contributed by atoms with Crippen LogP contribution < -0.4 is 0 Å².